The van der Waals surface area contributed by atoms with E-state index in [1.807, 2.05) is 30.3 Å². The van der Waals surface area contributed by atoms with Crippen LogP contribution in [0.4, 0.5) is 4.79 Å². The van der Waals surface area contributed by atoms with Gasteiger partial charge in [0.2, 0.25) is 0 Å². The average Bonchev–Trinajstić information content (AvgIpc) is 3.28. The monoisotopic (exact) mass is 320 g/mol. The van der Waals surface area contributed by atoms with E-state index in [2.05, 4.69) is 10.8 Å². The number of carbonyl (C=O) groups is 2. The summed E-state index contributed by atoms with van der Waals surface area (Å²) >= 11 is 0. The van der Waals surface area contributed by atoms with E-state index in [1.165, 1.54) is 0 Å². The van der Waals surface area contributed by atoms with Crippen molar-refractivity contribution < 1.29 is 23.9 Å². The summed E-state index contributed by atoms with van der Waals surface area (Å²) in [5.41, 5.74) is 2.51. The van der Waals surface area contributed by atoms with E-state index in [4.69, 9.17) is 14.3 Å². The number of amides is 2. The van der Waals surface area contributed by atoms with E-state index in [0.717, 1.165) is 5.56 Å². The molecule has 0 unspecified atom stereocenters. The zero-order valence-corrected chi connectivity index (χ0v) is 13.3. The van der Waals surface area contributed by atoms with Crippen LogP contribution in [0.5, 0.6) is 0 Å². The molecule has 1 fully saturated rings. The fourth-order valence-corrected chi connectivity index (χ4v) is 1.65. The van der Waals surface area contributed by atoms with Crippen molar-refractivity contribution >= 4 is 12.0 Å². The maximum absolute atomic E-state index is 12.1. The first-order valence-electron chi connectivity index (χ1n) is 7.17. The van der Waals surface area contributed by atoms with Crippen molar-refractivity contribution in [1.82, 2.24) is 10.8 Å². The Kier molecular flexibility index (Phi) is 5.23. The minimum atomic E-state index is -0.728. The molecule has 2 rings (SSSR count). The Morgan fingerprint density at radius 3 is 2.43 bits per heavy atom. The van der Waals surface area contributed by atoms with E-state index < -0.39 is 17.6 Å². The van der Waals surface area contributed by atoms with Gasteiger partial charge in [-0.15, -0.1) is 0 Å². The first-order valence-corrected chi connectivity index (χ1v) is 7.17. The number of benzene rings is 1. The highest BCUT2D eigenvalue weighted by molar-refractivity contribution is 5.96. The molecule has 0 aromatic heterocycles. The third-order valence-corrected chi connectivity index (χ3v) is 2.67. The third kappa shape index (κ3) is 5.99. The second-order valence-corrected chi connectivity index (χ2v) is 5.92. The SMILES string of the molecule is CC(C)(C)OC(=O)NC(C(=O)NOCc1ccccc1)=C1CO1. The molecule has 1 aliphatic rings. The molecule has 0 aliphatic carbocycles. The van der Waals surface area contributed by atoms with Crippen molar-refractivity contribution in [2.75, 3.05) is 6.61 Å². The Labute approximate surface area is 134 Å². The van der Waals surface area contributed by atoms with Crippen LogP contribution in [0, 0.1) is 0 Å². The lowest BCUT2D eigenvalue weighted by Gasteiger charge is -2.20. The molecule has 1 aliphatic heterocycles. The van der Waals surface area contributed by atoms with Gasteiger partial charge in [-0.1, -0.05) is 30.3 Å². The standard InChI is InChI=1S/C16H20N2O5/c1-16(2,3)23-15(20)17-13(12-10-21-12)14(19)18-22-9-11-7-5-4-6-8-11/h4-8H,9-10H2,1-3H3,(H,17,20)(H,18,19). The number of rotatable bonds is 5. The number of carbonyl (C=O) groups excluding carboxylic acids is 2. The Bertz CT molecular complexity index is 599. The van der Waals surface area contributed by atoms with E-state index in [0.29, 0.717) is 5.76 Å². The van der Waals surface area contributed by atoms with E-state index >= 15 is 0 Å². The number of hydrogen-bond acceptors (Lipinski definition) is 5. The number of hydroxylamine groups is 1. The van der Waals surface area contributed by atoms with Crippen molar-refractivity contribution in [1.29, 1.82) is 0 Å². The molecule has 0 atom stereocenters. The smallest absolute Gasteiger partial charge is 0.412 e. The van der Waals surface area contributed by atoms with Crippen LogP contribution in [0.15, 0.2) is 41.8 Å². The van der Waals surface area contributed by atoms with Crippen molar-refractivity contribution in [3.8, 4) is 0 Å². The highest BCUT2D eigenvalue weighted by Gasteiger charge is 2.29. The molecule has 7 heteroatoms. The van der Waals surface area contributed by atoms with Crippen LogP contribution in [0.1, 0.15) is 26.3 Å². The average molecular weight is 320 g/mol. The lowest BCUT2D eigenvalue weighted by atomic mass is 10.2. The van der Waals surface area contributed by atoms with Crippen molar-refractivity contribution in [3.63, 3.8) is 0 Å². The van der Waals surface area contributed by atoms with Gasteiger partial charge >= 0.3 is 6.09 Å². The maximum Gasteiger partial charge on any atom is 0.412 e. The summed E-state index contributed by atoms with van der Waals surface area (Å²) in [6, 6.07) is 9.37. The van der Waals surface area contributed by atoms with Gasteiger partial charge in [0.1, 0.15) is 12.2 Å². The summed E-state index contributed by atoms with van der Waals surface area (Å²) in [5, 5.41) is 2.39. The fourth-order valence-electron chi connectivity index (χ4n) is 1.65. The van der Waals surface area contributed by atoms with Crippen LogP contribution in [0.2, 0.25) is 0 Å². The summed E-state index contributed by atoms with van der Waals surface area (Å²) < 4.78 is 10.1. The predicted octanol–water partition coefficient (Wildman–Crippen LogP) is 2.00. The first kappa shape index (κ1) is 16.8. The number of ether oxygens (including phenoxy) is 2. The topological polar surface area (TPSA) is 89.2 Å². The summed E-state index contributed by atoms with van der Waals surface area (Å²) in [7, 11) is 0. The molecule has 2 amide bonds. The van der Waals surface area contributed by atoms with Crippen LogP contribution >= 0.6 is 0 Å². The van der Waals surface area contributed by atoms with Gasteiger partial charge in [0, 0.05) is 0 Å². The maximum atomic E-state index is 12.1. The van der Waals surface area contributed by atoms with Crippen LogP contribution in [-0.4, -0.2) is 24.2 Å². The van der Waals surface area contributed by atoms with Crippen LogP contribution in [-0.2, 0) is 25.7 Å². The molecular formula is C16H20N2O5. The lowest BCUT2D eigenvalue weighted by Crippen LogP contribution is -2.38. The van der Waals surface area contributed by atoms with Crippen LogP contribution in [0.25, 0.3) is 0 Å². The molecular weight excluding hydrogens is 300 g/mol. The number of hydrogen-bond donors (Lipinski definition) is 2. The first-order chi connectivity index (χ1) is 10.8. The van der Waals surface area contributed by atoms with Crippen molar-refractivity contribution in [2.45, 2.75) is 33.0 Å². The normalized spacial score (nSPS) is 15.3. The second kappa shape index (κ2) is 7.15. The quantitative estimate of drug-likeness (QED) is 0.492. The lowest BCUT2D eigenvalue weighted by molar-refractivity contribution is -0.131. The molecule has 1 heterocycles. The third-order valence-electron chi connectivity index (χ3n) is 2.67. The zero-order chi connectivity index (χ0) is 16.9. The van der Waals surface area contributed by atoms with Crippen LogP contribution in [0.3, 0.4) is 0 Å². The van der Waals surface area contributed by atoms with Gasteiger partial charge in [0.15, 0.2) is 11.5 Å². The highest BCUT2D eigenvalue weighted by Crippen LogP contribution is 2.19. The molecule has 23 heavy (non-hydrogen) atoms. The summed E-state index contributed by atoms with van der Waals surface area (Å²) in [6.45, 7) is 5.70. The van der Waals surface area contributed by atoms with Gasteiger partial charge in [-0.25, -0.2) is 10.3 Å². The van der Waals surface area contributed by atoms with Crippen LogP contribution < -0.4 is 10.8 Å². The van der Waals surface area contributed by atoms with Gasteiger partial charge in [0.25, 0.3) is 5.91 Å². The van der Waals surface area contributed by atoms with Gasteiger partial charge in [-0.2, -0.15) is 0 Å². The minimum Gasteiger partial charge on any atom is -0.484 e. The minimum absolute atomic E-state index is 0.00712. The molecule has 2 N–H and O–H groups in total. The number of epoxide rings is 1. The fraction of sp³-hybridized carbons (Fsp3) is 0.375. The van der Waals surface area contributed by atoms with E-state index in [1.54, 1.807) is 20.8 Å². The predicted molar refractivity (Wildman–Crippen MR) is 81.7 cm³/mol. The summed E-state index contributed by atoms with van der Waals surface area (Å²) in [6.07, 6.45) is -0.728. The molecule has 1 saturated heterocycles. The molecule has 0 radical (unpaired) electrons. The highest BCUT2D eigenvalue weighted by atomic mass is 16.7. The second-order valence-electron chi connectivity index (χ2n) is 5.92. The largest absolute Gasteiger partial charge is 0.484 e. The van der Waals surface area contributed by atoms with Gasteiger partial charge in [-0.05, 0) is 26.3 Å². The molecule has 1 aromatic carbocycles. The Morgan fingerprint density at radius 1 is 1.22 bits per heavy atom. The van der Waals surface area contributed by atoms with Crippen molar-refractivity contribution in [2.24, 2.45) is 0 Å². The number of nitrogens with one attached hydrogen (secondary N) is 2. The molecule has 124 valence electrons. The zero-order valence-electron chi connectivity index (χ0n) is 13.3. The van der Waals surface area contributed by atoms with Gasteiger partial charge < -0.3 is 9.47 Å². The van der Waals surface area contributed by atoms with Crippen molar-refractivity contribution in [3.05, 3.63) is 47.4 Å². The van der Waals surface area contributed by atoms with Gasteiger partial charge in [-0.3, -0.25) is 14.9 Å². The Morgan fingerprint density at radius 2 is 1.87 bits per heavy atom. The molecule has 1 aromatic rings. The summed E-state index contributed by atoms with van der Waals surface area (Å²) in [4.78, 5) is 29.0. The van der Waals surface area contributed by atoms with E-state index in [9.17, 15) is 9.59 Å². The Balaban J connectivity index is 1.85. The van der Waals surface area contributed by atoms with E-state index in [-0.39, 0.29) is 18.9 Å². The molecule has 7 nitrogen and oxygen atoms in total. The van der Waals surface area contributed by atoms with Gasteiger partial charge in [0.05, 0.1) is 6.61 Å². The number of alkyl carbamates (subject to hydrolysis) is 1. The summed E-state index contributed by atoms with van der Waals surface area (Å²) in [5.74, 6) is -0.212. The molecule has 0 saturated carbocycles. The Hall–Kier alpha value is -2.54. The molecule has 0 spiro atoms. The molecule has 0 bridgehead atoms.